The maximum absolute atomic E-state index is 12.5. The molecule has 24 heavy (non-hydrogen) atoms. The monoisotopic (exact) mass is 324 g/mol. The third kappa shape index (κ3) is 2.94. The minimum atomic E-state index is -0.315. The molecule has 1 aromatic carbocycles. The molecule has 0 spiro atoms. The largest absolute Gasteiger partial charge is 0.508 e. The molecule has 0 amide bonds. The van der Waals surface area contributed by atoms with Crippen LogP contribution in [0.25, 0.3) is 11.1 Å². The van der Waals surface area contributed by atoms with E-state index >= 15 is 0 Å². The Morgan fingerprint density at radius 3 is 2.50 bits per heavy atom. The Balaban J connectivity index is 2.16. The lowest BCUT2D eigenvalue weighted by atomic mass is 10.1. The van der Waals surface area contributed by atoms with Gasteiger partial charge in [0.1, 0.15) is 11.5 Å². The van der Waals surface area contributed by atoms with E-state index in [4.69, 9.17) is 4.74 Å². The number of nitrogens with zero attached hydrogens (tertiary/aromatic N) is 2. The number of aromatic hydroxyl groups is 1. The molecule has 122 valence electrons. The van der Waals surface area contributed by atoms with Crippen molar-refractivity contribution in [1.82, 2.24) is 9.13 Å². The Labute approximate surface area is 137 Å². The maximum Gasteiger partial charge on any atom is 0.293 e. The summed E-state index contributed by atoms with van der Waals surface area (Å²) in [5.41, 5.74) is 0.796. The maximum atomic E-state index is 12.5. The fraction of sp³-hybridized carbons (Fsp3) is 0.111. The Morgan fingerprint density at radius 1 is 1.00 bits per heavy atom. The molecular weight excluding hydrogens is 308 g/mol. The van der Waals surface area contributed by atoms with Crippen LogP contribution in [0.3, 0.4) is 0 Å². The zero-order valence-electron chi connectivity index (χ0n) is 13.3. The van der Waals surface area contributed by atoms with Crippen molar-refractivity contribution >= 4 is 0 Å². The molecule has 0 aliphatic heterocycles. The van der Waals surface area contributed by atoms with Gasteiger partial charge in [0.25, 0.3) is 5.56 Å². The summed E-state index contributed by atoms with van der Waals surface area (Å²) in [4.78, 5) is 24.1. The molecule has 2 aromatic heterocycles. The van der Waals surface area contributed by atoms with Crippen molar-refractivity contribution in [3.63, 3.8) is 0 Å². The first-order valence-corrected chi connectivity index (χ1v) is 7.29. The van der Waals surface area contributed by atoms with Gasteiger partial charge in [-0.15, -0.1) is 0 Å². The van der Waals surface area contributed by atoms with Crippen molar-refractivity contribution in [2.75, 3.05) is 0 Å². The van der Waals surface area contributed by atoms with E-state index in [1.54, 1.807) is 50.8 Å². The summed E-state index contributed by atoms with van der Waals surface area (Å²) in [5.74, 6) is 0.525. The zero-order valence-corrected chi connectivity index (χ0v) is 13.3. The molecule has 0 saturated carbocycles. The third-order valence-corrected chi connectivity index (χ3v) is 3.66. The number of rotatable bonds is 3. The van der Waals surface area contributed by atoms with Gasteiger partial charge in [0.15, 0.2) is 5.75 Å². The Hall–Kier alpha value is -3.28. The normalized spacial score (nSPS) is 10.6. The molecule has 6 nitrogen and oxygen atoms in total. The van der Waals surface area contributed by atoms with Gasteiger partial charge in [0.2, 0.25) is 5.56 Å². The number of phenolic OH excluding ortho intramolecular Hbond substituents is 1. The second-order valence-corrected chi connectivity index (χ2v) is 5.44. The SMILES string of the molecule is Cn1cc(-c2ccn(C)c(=O)c2Oc2cccc(O)c2)ccc1=O. The van der Waals surface area contributed by atoms with E-state index < -0.39 is 0 Å². The highest BCUT2D eigenvalue weighted by Crippen LogP contribution is 2.30. The van der Waals surface area contributed by atoms with Crippen LogP contribution in [0.15, 0.2) is 64.4 Å². The van der Waals surface area contributed by atoms with Crippen molar-refractivity contribution < 1.29 is 9.84 Å². The lowest BCUT2D eigenvalue weighted by molar-refractivity contribution is 0.450. The summed E-state index contributed by atoms with van der Waals surface area (Å²) in [6, 6.07) is 11.1. The topological polar surface area (TPSA) is 73.5 Å². The third-order valence-electron chi connectivity index (χ3n) is 3.66. The molecule has 0 aliphatic carbocycles. The van der Waals surface area contributed by atoms with E-state index in [0.29, 0.717) is 16.9 Å². The predicted octanol–water partition coefficient (Wildman–Crippen LogP) is 2.25. The van der Waals surface area contributed by atoms with Crippen LogP contribution in [0, 0.1) is 0 Å². The molecule has 1 N–H and O–H groups in total. The number of aryl methyl sites for hydroxylation is 2. The quantitative estimate of drug-likeness (QED) is 0.802. The highest BCUT2D eigenvalue weighted by Gasteiger charge is 2.14. The van der Waals surface area contributed by atoms with E-state index in [1.807, 2.05) is 0 Å². The minimum absolute atomic E-state index is 0.0453. The number of hydrogen-bond acceptors (Lipinski definition) is 4. The minimum Gasteiger partial charge on any atom is -0.508 e. The second-order valence-electron chi connectivity index (χ2n) is 5.44. The number of aromatic nitrogens is 2. The molecule has 0 aliphatic rings. The predicted molar refractivity (Wildman–Crippen MR) is 90.5 cm³/mol. The Kier molecular flexibility index (Phi) is 3.95. The van der Waals surface area contributed by atoms with Crippen LogP contribution in [0.1, 0.15) is 0 Å². The molecule has 2 heterocycles. The first-order valence-electron chi connectivity index (χ1n) is 7.29. The van der Waals surface area contributed by atoms with E-state index in [-0.39, 0.29) is 22.6 Å². The summed E-state index contributed by atoms with van der Waals surface area (Å²) in [7, 11) is 3.27. The van der Waals surface area contributed by atoms with Crippen LogP contribution < -0.4 is 15.9 Å². The lowest BCUT2D eigenvalue weighted by Crippen LogP contribution is -2.19. The molecule has 0 radical (unpaired) electrons. The summed E-state index contributed by atoms with van der Waals surface area (Å²) in [6.45, 7) is 0. The first kappa shape index (κ1) is 15.6. The summed E-state index contributed by atoms with van der Waals surface area (Å²) in [6.07, 6.45) is 3.28. The van der Waals surface area contributed by atoms with Crippen molar-refractivity contribution in [2.24, 2.45) is 14.1 Å². The standard InChI is InChI=1S/C18H16N2O4/c1-19-9-8-15(12-6-7-16(22)20(2)11-12)17(18(19)23)24-14-5-3-4-13(21)10-14/h3-11,21H,1-2H3. The average molecular weight is 324 g/mol. The van der Waals surface area contributed by atoms with Crippen LogP contribution >= 0.6 is 0 Å². The lowest BCUT2D eigenvalue weighted by Gasteiger charge is -2.13. The van der Waals surface area contributed by atoms with Gasteiger partial charge in [-0.05, 0) is 24.3 Å². The number of ether oxygens (including phenoxy) is 1. The number of phenols is 1. The van der Waals surface area contributed by atoms with E-state index in [0.717, 1.165) is 0 Å². The Morgan fingerprint density at radius 2 is 1.79 bits per heavy atom. The van der Waals surface area contributed by atoms with Crippen molar-refractivity contribution in [1.29, 1.82) is 0 Å². The van der Waals surface area contributed by atoms with E-state index in [2.05, 4.69) is 0 Å². The second kappa shape index (κ2) is 6.08. The van der Waals surface area contributed by atoms with Gasteiger partial charge in [-0.1, -0.05) is 6.07 Å². The highest BCUT2D eigenvalue weighted by atomic mass is 16.5. The molecular formula is C18H16N2O4. The van der Waals surface area contributed by atoms with E-state index in [1.165, 1.54) is 27.3 Å². The van der Waals surface area contributed by atoms with E-state index in [9.17, 15) is 14.7 Å². The molecule has 0 atom stereocenters. The molecule has 0 bridgehead atoms. The fourth-order valence-electron chi connectivity index (χ4n) is 2.35. The van der Waals surface area contributed by atoms with Gasteiger partial charge in [-0.25, -0.2) is 0 Å². The molecule has 0 fully saturated rings. The van der Waals surface area contributed by atoms with Gasteiger partial charge in [0, 0.05) is 49.7 Å². The Bertz CT molecular complexity index is 1020. The van der Waals surface area contributed by atoms with Crippen LogP contribution in [-0.2, 0) is 14.1 Å². The van der Waals surface area contributed by atoms with Crippen LogP contribution in [0.2, 0.25) is 0 Å². The number of pyridine rings is 2. The summed E-state index contributed by atoms with van der Waals surface area (Å²) < 4.78 is 8.59. The van der Waals surface area contributed by atoms with Crippen LogP contribution in [0.4, 0.5) is 0 Å². The van der Waals surface area contributed by atoms with Crippen molar-refractivity contribution in [2.45, 2.75) is 0 Å². The summed E-state index contributed by atoms with van der Waals surface area (Å²) in [5, 5.41) is 9.57. The van der Waals surface area contributed by atoms with Gasteiger partial charge in [-0.3, -0.25) is 9.59 Å². The fourth-order valence-corrected chi connectivity index (χ4v) is 2.35. The molecule has 3 aromatic rings. The van der Waals surface area contributed by atoms with Crippen molar-refractivity contribution in [3.8, 4) is 28.4 Å². The average Bonchev–Trinajstić information content (AvgIpc) is 2.55. The van der Waals surface area contributed by atoms with Crippen LogP contribution in [0.5, 0.6) is 17.2 Å². The van der Waals surface area contributed by atoms with Crippen LogP contribution in [-0.4, -0.2) is 14.2 Å². The smallest absolute Gasteiger partial charge is 0.293 e. The first-order chi connectivity index (χ1) is 11.5. The van der Waals surface area contributed by atoms with Crippen molar-refractivity contribution in [3.05, 3.63) is 75.6 Å². The molecule has 3 rings (SSSR count). The molecule has 0 saturated heterocycles. The van der Waals surface area contributed by atoms with Gasteiger partial charge >= 0.3 is 0 Å². The number of benzene rings is 1. The van der Waals surface area contributed by atoms with Gasteiger partial charge in [-0.2, -0.15) is 0 Å². The van der Waals surface area contributed by atoms with Gasteiger partial charge in [0.05, 0.1) is 0 Å². The molecule has 6 heteroatoms. The number of hydrogen-bond donors (Lipinski definition) is 1. The zero-order chi connectivity index (χ0) is 17.3. The van der Waals surface area contributed by atoms with Gasteiger partial charge < -0.3 is 19.0 Å². The highest BCUT2D eigenvalue weighted by molar-refractivity contribution is 5.69. The summed E-state index contributed by atoms with van der Waals surface area (Å²) >= 11 is 0. The molecule has 0 unspecified atom stereocenters.